The second-order valence-corrected chi connectivity index (χ2v) is 5.02. The van der Waals surface area contributed by atoms with Gasteiger partial charge in [0, 0.05) is 12.6 Å². The third-order valence-electron chi connectivity index (χ3n) is 3.60. The van der Waals surface area contributed by atoms with E-state index in [0.29, 0.717) is 5.82 Å². The molecule has 20 heavy (non-hydrogen) atoms. The number of anilines is 1. The molecule has 1 atom stereocenters. The SMILES string of the molecule is CC1CCCCN1c1ccc2nnc(C(F)(F)F)n2n1. The van der Waals surface area contributed by atoms with Crippen molar-refractivity contribution in [2.45, 2.75) is 38.4 Å². The van der Waals surface area contributed by atoms with E-state index >= 15 is 0 Å². The number of fused-ring (bicyclic) bond motifs is 1. The fourth-order valence-corrected chi connectivity index (χ4v) is 2.55. The number of piperidine rings is 1. The van der Waals surface area contributed by atoms with Crippen molar-refractivity contribution >= 4 is 11.5 Å². The number of aromatic nitrogens is 4. The van der Waals surface area contributed by atoms with Gasteiger partial charge < -0.3 is 4.90 Å². The minimum atomic E-state index is -4.56. The van der Waals surface area contributed by atoms with Crippen LogP contribution in [0.1, 0.15) is 32.0 Å². The molecule has 0 aliphatic carbocycles. The van der Waals surface area contributed by atoms with Crippen LogP contribution < -0.4 is 4.90 Å². The largest absolute Gasteiger partial charge is 0.453 e. The molecule has 3 heterocycles. The molecule has 1 saturated heterocycles. The second-order valence-electron chi connectivity index (χ2n) is 5.02. The van der Waals surface area contributed by atoms with Crippen LogP contribution in [0.2, 0.25) is 0 Å². The highest BCUT2D eigenvalue weighted by Crippen LogP contribution is 2.28. The summed E-state index contributed by atoms with van der Waals surface area (Å²) < 4.78 is 39.2. The Hall–Kier alpha value is -1.86. The van der Waals surface area contributed by atoms with Gasteiger partial charge in [-0.1, -0.05) is 0 Å². The summed E-state index contributed by atoms with van der Waals surface area (Å²) in [4.78, 5) is 2.03. The van der Waals surface area contributed by atoms with E-state index in [-0.39, 0.29) is 11.7 Å². The predicted octanol–water partition coefficient (Wildman–Crippen LogP) is 2.52. The minimum absolute atomic E-state index is 0.103. The molecule has 108 valence electrons. The van der Waals surface area contributed by atoms with Gasteiger partial charge in [0.05, 0.1) is 0 Å². The summed E-state index contributed by atoms with van der Waals surface area (Å²) in [6, 6.07) is 3.50. The van der Waals surface area contributed by atoms with Gasteiger partial charge in [0.25, 0.3) is 5.82 Å². The maximum atomic E-state index is 12.8. The topological polar surface area (TPSA) is 46.3 Å². The van der Waals surface area contributed by atoms with Crippen LogP contribution in [0.25, 0.3) is 5.65 Å². The highest BCUT2D eigenvalue weighted by Gasteiger charge is 2.37. The van der Waals surface area contributed by atoms with Gasteiger partial charge in [-0.15, -0.1) is 15.3 Å². The summed E-state index contributed by atoms with van der Waals surface area (Å²) in [7, 11) is 0. The van der Waals surface area contributed by atoms with Crippen molar-refractivity contribution in [1.82, 2.24) is 19.8 Å². The number of hydrogen-bond donors (Lipinski definition) is 0. The van der Waals surface area contributed by atoms with Gasteiger partial charge in [0.15, 0.2) is 5.65 Å². The molecule has 1 fully saturated rings. The van der Waals surface area contributed by atoms with E-state index < -0.39 is 12.0 Å². The first-order valence-electron chi connectivity index (χ1n) is 6.53. The lowest BCUT2D eigenvalue weighted by Gasteiger charge is -2.34. The average molecular weight is 285 g/mol. The zero-order valence-electron chi connectivity index (χ0n) is 10.9. The average Bonchev–Trinajstić information content (AvgIpc) is 2.82. The second kappa shape index (κ2) is 4.60. The van der Waals surface area contributed by atoms with Gasteiger partial charge in [-0.05, 0) is 38.3 Å². The summed E-state index contributed by atoms with van der Waals surface area (Å²) in [6.07, 6.45) is -1.37. The number of alkyl halides is 3. The van der Waals surface area contributed by atoms with Crippen LogP contribution in [0.3, 0.4) is 0 Å². The molecule has 0 saturated carbocycles. The lowest BCUT2D eigenvalue weighted by Crippen LogP contribution is -2.38. The molecule has 0 aromatic carbocycles. The van der Waals surface area contributed by atoms with Crippen molar-refractivity contribution in [2.24, 2.45) is 0 Å². The molecule has 1 unspecified atom stereocenters. The molecular weight excluding hydrogens is 271 g/mol. The van der Waals surface area contributed by atoms with Gasteiger partial charge in [0.1, 0.15) is 5.82 Å². The Morgan fingerprint density at radius 3 is 2.70 bits per heavy atom. The molecular formula is C12H14F3N5. The molecule has 2 aromatic rings. The molecule has 1 aliphatic heterocycles. The summed E-state index contributed by atoms with van der Waals surface area (Å²) in [5.74, 6) is -0.547. The predicted molar refractivity (Wildman–Crippen MR) is 66.4 cm³/mol. The number of nitrogens with zero attached hydrogens (tertiary/aromatic N) is 5. The van der Waals surface area contributed by atoms with Crippen molar-refractivity contribution < 1.29 is 13.2 Å². The first-order chi connectivity index (χ1) is 9.47. The van der Waals surface area contributed by atoms with Crippen LogP contribution in [-0.2, 0) is 6.18 Å². The van der Waals surface area contributed by atoms with E-state index in [1.165, 1.54) is 6.07 Å². The molecule has 0 radical (unpaired) electrons. The van der Waals surface area contributed by atoms with Crippen molar-refractivity contribution in [3.05, 3.63) is 18.0 Å². The fourth-order valence-electron chi connectivity index (χ4n) is 2.55. The van der Waals surface area contributed by atoms with Crippen molar-refractivity contribution in [3.63, 3.8) is 0 Å². The van der Waals surface area contributed by atoms with E-state index in [2.05, 4.69) is 22.2 Å². The molecule has 3 rings (SSSR count). The fraction of sp³-hybridized carbons (Fsp3) is 0.583. The van der Waals surface area contributed by atoms with Crippen LogP contribution in [0.5, 0.6) is 0 Å². The summed E-state index contributed by atoms with van der Waals surface area (Å²) in [6.45, 7) is 2.87. The molecule has 2 aromatic heterocycles. The maximum Gasteiger partial charge on any atom is 0.453 e. The van der Waals surface area contributed by atoms with Crippen molar-refractivity contribution in [3.8, 4) is 0 Å². The third kappa shape index (κ3) is 2.19. The smallest absolute Gasteiger partial charge is 0.352 e. The van der Waals surface area contributed by atoms with Crippen LogP contribution in [0.4, 0.5) is 19.0 Å². The standard InChI is InChI=1S/C12H14F3N5/c1-8-4-2-3-7-19(8)10-6-5-9-16-17-11(12(13,14)15)20(9)18-10/h5-6,8H,2-4,7H2,1H3. The number of rotatable bonds is 1. The summed E-state index contributed by atoms with van der Waals surface area (Å²) in [5.41, 5.74) is 0.103. The van der Waals surface area contributed by atoms with Gasteiger partial charge >= 0.3 is 6.18 Å². The Balaban J connectivity index is 2.05. The highest BCUT2D eigenvalue weighted by atomic mass is 19.4. The van der Waals surface area contributed by atoms with Crippen LogP contribution >= 0.6 is 0 Å². The van der Waals surface area contributed by atoms with E-state index in [4.69, 9.17) is 0 Å². The molecule has 0 N–H and O–H groups in total. The first kappa shape index (κ1) is 13.1. The van der Waals surface area contributed by atoms with Gasteiger partial charge in [-0.25, -0.2) is 0 Å². The monoisotopic (exact) mass is 285 g/mol. The molecule has 1 aliphatic rings. The molecule has 5 nitrogen and oxygen atoms in total. The summed E-state index contributed by atoms with van der Waals surface area (Å²) >= 11 is 0. The van der Waals surface area contributed by atoms with Crippen LogP contribution in [0, 0.1) is 0 Å². The quantitative estimate of drug-likeness (QED) is 0.807. The van der Waals surface area contributed by atoms with Crippen molar-refractivity contribution in [2.75, 3.05) is 11.4 Å². The molecule has 0 amide bonds. The van der Waals surface area contributed by atoms with Crippen molar-refractivity contribution in [1.29, 1.82) is 0 Å². The Morgan fingerprint density at radius 2 is 2.00 bits per heavy atom. The Labute approximate surface area is 113 Å². The number of halogens is 3. The van der Waals surface area contributed by atoms with E-state index in [9.17, 15) is 13.2 Å². The zero-order valence-corrected chi connectivity index (χ0v) is 10.9. The first-order valence-corrected chi connectivity index (χ1v) is 6.53. The lowest BCUT2D eigenvalue weighted by atomic mass is 10.0. The normalized spacial score (nSPS) is 20.6. The lowest BCUT2D eigenvalue weighted by molar-refractivity contribution is -0.146. The van der Waals surface area contributed by atoms with Gasteiger partial charge in [0.2, 0.25) is 0 Å². The third-order valence-corrected chi connectivity index (χ3v) is 3.60. The summed E-state index contributed by atoms with van der Waals surface area (Å²) in [5, 5.41) is 10.8. The molecule has 8 heteroatoms. The van der Waals surface area contributed by atoms with Crippen LogP contribution in [0.15, 0.2) is 12.1 Å². The number of hydrogen-bond acceptors (Lipinski definition) is 4. The Bertz CT molecular complexity index is 621. The highest BCUT2D eigenvalue weighted by molar-refractivity contribution is 5.46. The Morgan fingerprint density at radius 1 is 1.20 bits per heavy atom. The van der Waals surface area contributed by atoms with E-state index in [1.807, 2.05) is 4.90 Å². The van der Waals surface area contributed by atoms with Gasteiger partial charge in [-0.3, -0.25) is 0 Å². The molecule has 0 bridgehead atoms. The Kier molecular flexibility index (Phi) is 3.02. The van der Waals surface area contributed by atoms with Gasteiger partial charge in [-0.2, -0.15) is 17.7 Å². The zero-order chi connectivity index (χ0) is 14.3. The molecule has 0 spiro atoms. The van der Waals surface area contributed by atoms with Crippen LogP contribution in [-0.4, -0.2) is 32.4 Å². The van der Waals surface area contributed by atoms with E-state index in [0.717, 1.165) is 30.3 Å². The minimum Gasteiger partial charge on any atom is -0.352 e. The van der Waals surface area contributed by atoms with E-state index in [1.54, 1.807) is 6.07 Å². The maximum absolute atomic E-state index is 12.8.